The molecule has 4 rings (SSSR count). The van der Waals surface area contributed by atoms with Gasteiger partial charge >= 0.3 is 0 Å². The number of likely N-dealkylation sites (N-methyl/N-ethyl adjacent to an activating group) is 2. The SMILES string of the molecule is CC1C=C([C@]2(C)C=C(NC3CCN(O)CC3)C3=C(C=CN(C)C3)C2)C=CN1C. The van der Waals surface area contributed by atoms with E-state index in [9.17, 15) is 5.21 Å². The van der Waals surface area contributed by atoms with Gasteiger partial charge in [0.1, 0.15) is 0 Å². The van der Waals surface area contributed by atoms with Crippen LogP contribution in [0.4, 0.5) is 0 Å². The minimum atomic E-state index is -0.00881. The third kappa shape index (κ3) is 3.78. The summed E-state index contributed by atoms with van der Waals surface area (Å²) in [6, 6.07) is 0.835. The topological polar surface area (TPSA) is 42.0 Å². The fourth-order valence-electron chi connectivity index (χ4n) is 4.69. The van der Waals surface area contributed by atoms with E-state index in [0.717, 1.165) is 38.9 Å². The summed E-state index contributed by atoms with van der Waals surface area (Å²) in [6.07, 6.45) is 16.9. The monoisotopic (exact) mass is 382 g/mol. The molecule has 2 N–H and O–H groups in total. The van der Waals surface area contributed by atoms with Crippen LogP contribution >= 0.6 is 0 Å². The number of hydroxylamine groups is 2. The first kappa shape index (κ1) is 19.3. The van der Waals surface area contributed by atoms with Gasteiger partial charge in [0.2, 0.25) is 0 Å². The fourth-order valence-corrected chi connectivity index (χ4v) is 4.69. The summed E-state index contributed by atoms with van der Waals surface area (Å²) in [7, 11) is 4.27. The van der Waals surface area contributed by atoms with Crippen molar-refractivity contribution in [2.24, 2.45) is 5.41 Å². The first-order valence-corrected chi connectivity index (χ1v) is 10.5. The summed E-state index contributed by atoms with van der Waals surface area (Å²) in [5.41, 5.74) is 5.56. The standard InChI is InChI=1S/C23H34N4O/c1-17-13-19(6-10-26(17)4)23(2)14-18-5-9-25(3)16-21(18)22(15-23)24-20-7-11-27(28)12-8-20/h5-6,9-10,13,15,17,20,24,28H,7-8,11-12,14,16H2,1-4H3/t17?,23-/m0/s1. The van der Waals surface area contributed by atoms with Crippen molar-refractivity contribution in [2.45, 2.75) is 45.2 Å². The Labute approximate surface area is 169 Å². The summed E-state index contributed by atoms with van der Waals surface area (Å²) in [6.45, 7) is 7.06. The summed E-state index contributed by atoms with van der Waals surface area (Å²) in [5, 5.41) is 15.0. The molecule has 28 heavy (non-hydrogen) atoms. The number of rotatable bonds is 3. The van der Waals surface area contributed by atoms with Crippen LogP contribution < -0.4 is 5.32 Å². The van der Waals surface area contributed by atoms with Crippen LogP contribution in [0.3, 0.4) is 0 Å². The molecule has 0 amide bonds. The summed E-state index contributed by atoms with van der Waals surface area (Å²) >= 11 is 0. The third-order valence-corrected chi connectivity index (χ3v) is 6.71. The van der Waals surface area contributed by atoms with E-state index in [-0.39, 0.29) is 5.41 Å². The molecule has 0 aromatic rings. The van der Waals surface area contributed by atoms with Gasteiger partial charge < -0.3 is 20.3 Å². The lowest BCUT2D eigenvalue weighted by atomic mass is 9.70. The van der Waals surface area contributed by atoms with Gasteiger partial charge in [0, 0.05) is 56.9 Å². The molecule has 3 aliphatic heterocycles. The Morgan fingerprint density at radius 1 is 1.14 bits per heavy atom. The van der Waals surface area contributed by atoms with Crippen molar-refractivity contribution in [3.05, 3.63) is 59.1 Å². The van der Waals surface area contributed by atoms with Crippen LogP contribution in [-0.4, -0.2) is 65.9 Å². The van der Waals surface area contributed by atoms with Crippen LogP contribution in [0, 0.1) is 5.41 Å². The smallest absolute Gasteiger partial charge is 0.0443 e. The van der Waals surface area contributed by atoms with E-state index in [4.69, 9.17) is 0 Å². The Balaban J connectivity index is 1.65. The van der Waals surface area contributed by atoms with Crippen molar-refractivity contribution in [3.8, 4) is 0 Å². The molecule has 152 valence electrons. The van der Waals surface area contributed by atoms with Gasteiger partial charge in [-0.15, -0.1) is 0 Å². The molecule has 5 nitrogen and oxygen atoms in total. The number of piperidine rings is 1. The average Bonchev–Trinajstić information content (AvgIpc) is 2.66. The van der Waals surface area contributed by atoms with Crippen molar-refractivity contribution in [2.75, 3.05) is 33.7 Å². The van der Waals surface area contributed by atoms with Crippen LogP contribution in [0.5, 0.6) is 0 Å². The van der Waals surface area contributed by atoms with Gasteiger partial charge in [-0.3, -0.25) is 0 Å². The van der Waals surface area contributed by atoms with Crippen LogP contribution in [0.2, 0.25) is 0 Å². The molecule has 0 aromatic heterocycles. The predicted octanol–water partition coefficient (Wildman–Crippen LogP) is 3.25. The van der Waals surface area contributed by atoms with E-state index >= 15 is 0 Å². The van der Waals surface area contributed by atoms with E-state index in [2.05, 4.69) is 79.8 Å². The van der Waals surface area contributed by atoms with Gasteiger partial charge in [0.25, 0.3) is 0 Å². The second-order valence-corrected chi connectivity index (χ2v) is 9.10. The molecule has 0 bridgehead atoms. The first-order chi connectivity index (χ1) is 13.3. The zero-order valence-corrected chi connectivity index (χ0v) is 17.7. The predicted molar refractivity (Wildman–Crippen MR) is 114 cm³/mol. The molecule has 3 heterocycles. The van der Waals surface area contributed by atoms with Crippen LogP contribution in [0.1, 0.15) is 33.1 Å². The molecule has 1 unspecified atom stereocenters. The van der Waals surface area contributed by atoms with Gasteiger partial charge in [-0.25, -0.2) is 0 Å². The summed E-state index contributed by atoms with van der Waals surface area (Å²) in [4.78, 5) is 4.51. The summed E-state index contributed by atoms with van der Waals surface area (Å²) < 4.78 is 0. The van der Waals surface area contributed by atoms with E-state index < -0.39 is 0 Å². The molecule has 0 radical (unpaired) electrons. The minimum Gasteiger partial charge on any atom is -0.382 e. The number of allylic oxidation sites excluding steroid dienone is 5. The molecular formula is C23H34N4O. The van der Waals surface area contributed by atoms with Crippen molar-refractivity contribution < 1.29 is 5.21 Å². The molecular weight excluding hydrogens is 348 g/mol. The normalized spacial score (nSPS) is 31.7. The Kier molecular flexibility index (Phi) is 5.15. The average molecular weight is 383 g/mol. The lowest BCUT2D eigenvalue weighted by Gasteiger charge is -2.41. The molecule has 0 spiro atoms. The van der Waals surface area contributed by atoms with Gasteiger partial charge in [0.05, 0.1) is 0 Å². The largest absolute Gasteiger partial charge is 0.382 e. The molecule has 0 aromatic carbocycles. The maximum Gasteiger partial charge on any atom is 0.0443 e. The Morgan fingerprint density at radius 2 is 1.89 bits per heavy atom. The van der Waals surface area contributed by atoms with E-state index in [0.29, 0.717) is 12.1 Å². The maximum absolute atomic E-state index is 9.70. The summed E-state index contributed by atoms with van der Waals surface area (Å²) in [5.74, 6) is 0. The molecule has 1 aliphatic carbocycles. The van der Waals surface area contributed by atoms with Gasteiger partial charge in [-0.05, 0) is 67.5 Å². The molecule has 4 aliphatic rings. The van der Waals surface area contributed by atoms with E-state index in [1.807, 2.05) is 0 Å². The lowest BCUT2D eigenvalue weighted by Crippen LogP contribution is -2.43. The highest BCUT2D eigenvalue weighted by Gasteiger charge is 2.35. The number of hydrogen-bond acceptors (Lipinski definition) is 5. The molecule has 2 atom stereocenters. The van der Waals surface area contributed by atoms with Crippen molar-refractivity contribution in [1.82, 2.24) is 20.2 Å². The fraction of sp³-hybridized carbons (Fsp3) is 0.565. The minimum absolute atomic E-state index is 0.00881. The highest BCUT2D eigenvalue weighted by molar-refractivity contribution is 5.51. The highest BCUT2D eigenvalue weighted by atomic mass is 16.5. The van der Waals surface area contributed by atoms with Crippen LogP contribution in [0.15, 0.2) is 59.1 Å². The Hall–Kier alpha value is -1.98. The molecule has 1 saturated heterocycles. The van der Waals surface area contributed by atoms with Crippen molar-refractivity contribution in [3.63, 3.8) is 0 Å². The molecule has 1 fully saturated rings. The zero-order valence-electron chi connectivity index (χ0n) is 17.7. The second kappa shape index (κ2) is 7.45. The van der Waals surface area contributed by atoms with Crippen molar-refractivity contribution >= 4 is 0 Å². The first-order valence-electron chi connectivity index (χ1n) is 10.5. The number of nitrogens with zero attached hydrogens (tertiary/aromatic N) is 3. The lowest BCUT2D eigenvalue weighted by molar-refractivity contribution is -0.107. The van der Waals surface area contributed by atoms with Gasteiger partial charge in [-0.1, -0.05) is 19.1 Å². The van der Waals surface area contributed by atoms with E-state index in [1.54, 1.807) is 0 Å². The zero-order chi connectivity index (χ0) is 19.9. The van der Waals surface area contributed by atoms with Crippen molar-refractivity contribution in [1.29, 1.82) is 0 Å². The maximum atomic E-state index is 9.70. The third-order valence-electron chi connectivity index (χ3n) is 6.71. The molecule has 0 saturated carbocycles. The van der Waals surface area contributed by atoms with Crippen LogP contribution in [-0.2, 0) is 0 Å². The number of nitrogens with one attached hydrogen (secondary N) is 1. The number of hydrogen-bond donors (Lipinski definition) is 2. The Bertz CT molecular complexity index is 769. The van der Waals surface area contributed by atoms with Crippen LogP contribution in [0.25, 0.3) is 0 Å². The highest BCUT2D eigenvalue weighted by Crippen LogP contribution is 2.45. The van der Waals surface area contributed by atoms with Gasteiger partial charge in [0.15, 0.2) is 0 Å². The quantitative estimate of drug-likeness (QED) is 0.784. The molecule has 5 heteroatoms. The second-order valence-electron chi connectivity index (χ2n) is 9.10. The van der Waals surface area contributed by atoms with Gasteiger partial charge in [-0.2, -0.15) is 5.06 Å². The van der Waals surface area contributed by atoms with E-state index in [1.165, 1.54) is 27.5 Å². The Morgan fingerprint density at radius 3 is 2.61 bits per heavy atom.